The molecule has 0 spiro atoms. The second kappa shape index (κ2) is 16.1. The molecule has 0 aliphatic carbocycles. The Hall–Kier alpha value is -5.25. The van der Waals surface area contributed by atoms with Crippen molar-refractivity contribution in [3.05, 3.63) is 179 Å². The average molecular weight is 1000 g/mol. The molecule has 0 N–H and O–H groups in total. The monoisotopic (exact) mass is 999 g/mol. The number of hydrogen-bond acceptors (Lipinski definition) is 3. The van der Waals surface area contributed by atoms with E-state index in [1.807, 2.05) is 24.4 Å². The summed E-state index contributed by atoms with van der Waals surface area (Å²) in [4.78, 5) is 4.95. The Balaban J connectivity index is 0.00000578. The first-order valence-corrected chi connectivity index (χ1v) is 21.6. The zero-order valence-corrected chi connectivity index (χ0v) is 40.9. The number of hydrogen-bond donors (Lipinski definition) is 0. The molecule has 0 aliphatic heterocycles. The summed E-state index contributed by atoms with van der Waals surface area (Å²) in [7, 11) is 0. The molecule has 5 nitrogen and oxygen atoms in total. The molecule has 320 valence electrons. The van der Waals surface area contributed by atoms with E-state index in [0.29, 0.717) is 11.5 Å². The maximum Gasteiger partial charge on any atom is 2.00 e. The van der Waals surface area contributed by atoms with E-state index in [2.05, 4.69) is 215 Å². The van der Waals surface area contributed by atoms with Crippen molar-refractivity contribution in [2.45, 2.75) is 117 Å². The standard InChI is InChI=1S/C56H60N4O.Pt/c1-52(2,3)39-31-32-57-48(34-39)59-46-30-27-40(55(10,11)37-21-16-14-17-22-37)33-45(46)44-29-28-43(36-47(44)59)61-42-26-20-25-41(35-42)60-51(54(7,8)9)49(50(58-60)53(4,5)6)56(12,13)38-23-18-15-19-24-38;/h14-34H,1-13H3;/q-2;+2. The number of rotatable bonds is 8. The minimum Gasteiger partial charge on any atom is -0.509 e. The number of fused-ring (bicyclic) bond motifs is 3. The SMILES string of the molecule is CC(C)(C)c1ccnc(-n2c3[c-]c(Oc4[c-]c(-n5nc(C(C)(C)C)c(C(C)(C)c6ccccc6)c5C(C)(C)C)ccc4)ccc3c3cc(C(C)(C)c4ccccc4)ccc32)c1.[Pt+2]. The molecule has 0 atom stereocenters. The third kappa shape index (κ3) is 8.22. The summed E-state index contributed by atoms with van der Waals surface area (Å²) in [5.41, 5.74) is 10.3. The molecular formula is C56H60N4OPt. The molecule has 0 fully saturated rings. The van der Waals surface area contributed by atoms with Gasteiger partial charge in [-0.3, -0.25) is 4.68 Å². The average Bonchev–Trinajstić information content (AvgIpc) is 3.80. The van der Waals surface area contributed by atoms with Gasteiger partial charge in [0.25, 0.3) is 0 Å². The van der Waals surface area contributed by atoms with Crippen LogP contribution in [0.5, 0.6) is 11.5 Å². The fourth-order valence-electron chi connectivity index (χ4n) is 8.78. The quantitative estimate of drug-likeness (QED) is 0.143. The van der Waals surface area contributed by atoms with E-state index in [1.165, 1.54) is 27.8 Å². The molecule has 3 heterocycles. The largest absolute Gasteiger partial charge is 2.00 e. The van der Waals surface area contributed by atoms with Gasteiger partial charge in [0.05, 0.1) is 11.4 Å². The van der Waals surface area contributed by atoms with Crippen molar-refractivity contribution in [2.24, 2.45) is 0 Å². The summed E-state index contributed by atoms with van der Waals surface area (Å²) in [6.07, 6.45) is 1.92. The van der Waals surface area contributed by atoms with Crippen LogP contribution in [0.1, 0.15) is 129 Å². The molecule has 0 amide bonds. The van der Waals surface area contributed by atoms with E-state index in [0.717, 1.165) is 44.7 Å². The number of pyridine rings is 1. The normalized spacial score (nSPS) is 12.8. The molecule has 8 aromatic rings. The first-order valence-electron chi connectivity index (χ1n) is 21.6. The van der Waals surface area contributed by atoms with Crippen molar-refractivity contribution in [1.82, 2.24) is 19.3 Å². The molecule has 0 saturated carbocycles. The maximum atomic E-state index is 6.73. The van der Waals surface area contributed by atoms with Crippen LogP contribution in [0.4, 0.5) is 0 Å². The van der Waals surface area contributed by atoms with E-state index in [4.69, 9.17) is 14.8 Å². The van der Waals surface area contributed by atoms with Crippen molar-refractivity contribution in [3.63, 3.8) is 0 Å². The molecule has 6 heteroatoms. The van der Waals surface area contributed by atoms with E-state index < -0.39 is 0 Å². The van der Waals surface area contributed by atoms with Crippen molar-refractivity contribution in [3.8, 4) is 23.0 Å². The molecule has 0 unspecified atom stereocenters. The fourth-order valence-corrected chi connectivity index (χ4v) is 8.78. The number of aromatic nitrogens is 4. The van der Waals surface area contributed by atoms with Crippen LogP contribution < -0.4 is 4.74 Å². The second-order valence-corrected chi connectivity index (χ2v) is 20.8. The summed E-state index contributed by atoms with van der Waals surface area (Å²) in [5, 5.41) is 7.68. The molecule has 0 aliphatic rings. The predicted octanol–water partition coefficient (Wildman–Crippen LogP) is 14.3. The van der Waals surface area contributed by atoms with Crippen molar-refractivity contribution in [2.75, 3.05) is 0 Å². The Bertz CT molecular complexity index is 2880. The van der Waals surface area contributed by atoms with Crippen LogP contribution in [-0.2, 0) is 48.1 Å². The summed E-state index contributed by atoms with van der Waals surface area (Å²) in [6.45, 7) is 29.5. The van der Waals surface area contributed by atoms with Crippen LogP contribution in [0.3, 0.4) is 0 Å². The van der Waals surface area contributed by atoms with Crippen LogP contribution >= 0.6 is 0 Å². The minimum absolute atomic E-state index is 0. The van der Waals surface area contributed by atoms with Crippen molar-refractivity contribution in [1.29, 1.82) is 0 Å². The predicted molar refractivity (Wildman–Crippen MR) is 253 cm³/mol. The van der Waals surface area contributed by atoms with Crippen LogP contribution in [-0.4, -0.2) is 19.3 Å². The number of benzene rings is 5. The number of nitrogens with zero attached hydrogens (tertiary/aromatic N) is 4. The van der Waals surface area contributed by atoms with Crippen LogP contribution in [0.15, 0.2) is 128 Å². The van der Waals surface area contributed by atoms with Gasteiger partial charge in [-0.15, -0.1) is 35.7 Å². The second-order valence-electron chi connectivity index (χ2n) is 20.8. The van der Waals surface area contributed by atoms with Gasteiger partial charge in [0.2, 0.25) is 0 Å². The Kier molecular flexibility index (Phi) is 11.7. The van der Waals surface area contributed by atoms with Gasteiger partial charge in [-0.1, -0.05) is 168 Å². The molecule has 0 bridgehead atoms. The molecular weight excluding hydrogens is 940 g/mol. The van der Waals surface area contributed by atoms with E-state index in [1.54, 1.807) is 0 Å². The Morgan fingerprint density at radius 3 is 1.76 bits per heavy atom. The first-order chi connectivity index (χ1) is 28.7. The summed E-state index contributed by atoms with van der Waals surface area (Å²) >= 11 is 0. The Morgan fingerprint density at radius 1 is 0.516 bits per heavy atom. The van der Waals surface area contributed by atoms with E-state index >= 15 is 0 Å². The molecule has 0 saturated heterocycles. The zero-order chi connectivity index (χ0) is 43.7. The van der Waals surface area contributed by atoms with Gasteiger partial charge in [-0.05, 0) is 56.9 Å². The molecule has 3 aromatic heterocycles. The third-order valence-electron chi connectivity index (χ3n) is 12.3. The summed E-state index contributed by atoms with van der Waals surface area (Å²) in [5.74, 6) is 2.04. The van der Waals surface area contributed by atoms with Crippen molar-refractivity contribution >= 4 is 21.8 Å². The van der Waals surface area contributed by atoms with E-state index in [9.17, 15) is 0 Å². The van der Waals surface area contributed by atoms with Crippen molar-refractivity contribution < 1.29 is 25.8 Å². The first kappa shape index (κ1) is 44.8. The molecule has 8 rings (SSSR count). The molecule has 62 heavy (non-hydrogen) atoms. The van der Waals surface area contributed by atoms with Gasteiger partial charge in [0.1, 0.15) is 5.82 Å². The van der Waals surface area contributed by atoms with Gasteiger partial charge in [-0.2, -0.15) is 17.2 Å². The Labute approximate surface area is 383 Å². The minimum atomic E-state index is -0.305. The Morgan fingerprint density at radius 2 is 1.15 bits per heavy atom. The van der Waals surface area contributed by atoms with Gasteiger partial charge in [0, 0.05) is 50.4 Å². The summed E-state index contributed by atoms with van der Waals surface area (Å²) < 4.78 is 11.1. The maximum absolute atomic E-state index is 6.73. The van der Waals surface area contributed by atoms with Crippen LogP contribution in [0.25, 0.3) is 33.3 Å². The van der Waals surface area contributed by atoms with Gasteiger partial charge in [-0.25, -0.2) is 4.98 Å². The fraction of sp³-hybridized carbons (Fsp3) is 0.321. The van der Waals surface area contributed by atoms with Gasteiger partial charge in [0.15, 0.2) is 0 Å². The topological polar surface area (TPSA) is 44.9 Å². The third-order valence-corrected chi connectivity index (χ3v) is 12.3. The van der Waals surface area contributed by atoms with Crippen LogP contribution in [0, 0.1) is 12.1 Å². The van der Waals surface area contributed by atoms with E-state index in [-0.39, 0.29) is 48.1 Å². The zero-order valence-electron chi connectivity index (χ0n) is 38.6. The van der Waals surface area contributed by atoms with Gasteiger partial charge < -0.3 is 9.30 Å². The molecule has 0 radical (unpaired) electrons. The molecule has 5 aromatic carbocycles. The number of ether oxygens (including phenoxy) is 1. The smallest absolute Gasteiger partial charge is 0.509 e. The van der Waals surface area contributed by atoms with Gasteiger partial charge >= 0.3 is 21.1 Å². The van der Waals surface area contributed by atoms with Crippen LogP contribution in [0.2, 0.25) is 0 Å². The summed E-state index contributed by atoms with van der Waals surface area (Å²) in [6, 6.07) is 50.3.